The molecule has 0 bridgehead atoms. The van der Waals surface area contributed by atoms with Crippen molar-refractivity contribution in [1.82, 2.24) is 4.90 Å². The number of ether oxygens (including phenoxy) is 1. The van der Waals surface area contributed by atoms with Crippen LogP contribution in [0, 0.1) is 17.8 Å². The molecule has 4 heteroatoms. The van der Waals surface area contributed by atoms with E-state index in [-0.39, 0.29) is 17.9 Å². The molecule has 0 amide bonds. The van der Waals surface area contributed by atoms with Gasteiger partial charge in [0, 0.05) is 17.7 Å². The van der Waals surface area contributed by atoms with Gasteiger partial charge in [0.25, 0.3) is 0 Å². The Balaban J connectivity index is 0.00000135. The van der Waals surface area contributed by atoms with Crippen molar-refractivity contribution in [3.8, 4) is 12.3 Å². The second-order valence-corrected chi connectivity index (χ2v) is 10.9. The zero-order valence-electron chi connectivity index (χ0n) is 25.3. The number of benzene rings is 1. The lowest BCUT2D eigenvalue weighted by Gasteiger charge is -2.32. The fourth-order valence-electron chi connectivity index (χ4n) is 4.79. The summed E-state index contributed by atoms with van der Waals surface area (Å²) in [6, 6.07) is 8.87. The van der Waals surface area contributed by atoms with Gasteiger partial charge in [-0.25, -0.2) is 0 Å². The van der Waals surface area contributed by atoms with Gasteiger partial charge in [-0.1, -0.05) is 70.5 Å². The molecule has 0 spiro atoms. The summed E-state index contributed by atoms with van der Waals surface area (Å²) in [4.78, 5) is 13.6. The number of nitrogens with zero attached hydrogens (tertiary/aromatic N) is 1. The average molecular weight is 522 g/mol. The summed E-state index contributed by atoms with van der Waals surface area (Å²) < 4.78 is 6.50. The van der Waals surface area contributed by atoms with Gasteiger partial charge in [0.1, 0.15) is 5.76 Å². The number of terminal acetylenes is 1. The van der Waals surface area contributed by atoms with Crippen molar-refractivity contribution in [2.24, 2.45) is 5.41 Å². The molecule has 1 unspecified atom stereocenters. The number of rotatable bonds is 9. The van der Waals surface area contributed by atoms with Crippen LogP contribution >= 0.6 is 0 Å². The van der Waals surface area contributed by atoms with Crippen molar-refractivity contribution in [2.45, 2.75) is 112 Å². The molecular formula is C34H51NO3. The summed E-state index contributed by atoms with van der Waals surface area (Å²) in [6.07, 6.45) is 17.6. The Hall–Kier alpha value is -2.77. The molecule has 2 aliphatic rings. The molecule has 3 rings (SSSR count). The molecule has 0 saturated heterocycles. The fraction of sp³-hybridized carbons (Fsp3) is 0.559. The van der Waals surface area contributed by atoms with E-state index in [1.165, 1.54) is 31.3 Å². The van der Waals surface area contributed by atoms with Crippen LogP contribution in [0.3, 0.4) is 0 Å². The van der Waals surface area contributed by atoms with Gasteiger partial charge in [-0.05, 0) is 88.6 Å². The number of hydrogen-bond donors (Lipinski definition) is 1. The average Bonchev–Trinajstić information content (AvgIpc) is 3.71. The van der Waals surface area contributed by atoms with Gasteiger partial charge in [0.05, 0.1) is 12.5 Å². The van der Waals surface area contributed by atoms with Gasteiger partial charge in [-0.15, -0.1) is 12.3 Å². The van der Waals surface area contributed by atoms with Crippen LogP contribution in [0.2, 0.25) is 0 Å². The van der Waals surface area contributed by atoms with Crippen molar-refractivity contribution < 1.29 is 14.6 Å². The summed E-state index contributed by atoms with van der Waals surface area (Å²) in [6.45, 7) is 16.5. The van der Waals surface area contributed by atoms with Crippen LogP contribution in [0.15, 0.2) is 53.8 Å². The SMILES string of the molecule is C#CC.C/C=C(\C=C(\OC(C)C)C1=CC(C)(C)CCCC1N(C)C1CC1)c1ccc(CC(=O)O)cc1.CC. The van der Waals surface area contributed by atoms with Crippen LogP contribution in [-0.4, -0.2) is 41.2 Å². The largest absolute Gasteiger partial charge is 0.491 e. The van der Waals surface area contributed by atoms with Crippen LogP contribution in [0.1, 0.15) is 98.6 Å². The highest BCUT2D eigenvalue weighted by molar-refractivity contribution is 5.76. The maximum Gasteiger partial charge on any atom is 0.307 e. The first-order valence-corrected chi connectivity index (χ1v) is 14.2. The Bertz CT molecular complexity index is 1000. The first kappa shape index (κ1) is 33.3. The standard InChI is InChI=1S/C29H41NO3.C3H4.C2H6/c1-7-22(23-12-10-21(11-13-23)17-28(31)32)18-27(33-20(2)3)25-19-29(4,5)16-8-9-26(25)30(6)24-14-15-24;1-3-2;1-2/h7,10-13,18-20,24,26H,8-9,14-17H2,1-6H3,(H,31,32);1H,2H3;1-2H3/b22-7+,27-18+;;. The number of allylic oxidation sites excluding steroid dienone is 4. The third-order valence-electron chi connectivity index (χ3n) is 6.71. The molecule has 4 nitrogen and oxygen atoms in total. The van der Waals surface area contributed by atoms with E-state index >= 15 is 0 Å². The molecule has 1 atom stereocenters. The van der Waals surface area contributed by atoms with Gasteiger partial charge in [-0.3, -0.25) is 9.69 Å². The molecule has 0 aliphatic heterocycles. The number of carboxylic acid groups (broad SMARTS) is 1. The Morgan fingerprint density at radius 1 is 1.21 bits per heavy atom. The van der Waals surface area contributed by atoms with E-state index in [4.69, 9.17) is 9.84 Å². The van der Waals surface area contributed by atoms with E-state index in [1.807, 2.05) is 45.0 Å². The lowest BCUT2D eigenvalue weighted by atomic mass is 9.87. The smallest absolute Gasteiger partial charge is 0.307 e. The maximum atomic E-state index is 11.0. The maximum absolute atomic E-state index is 11.0. The summed E-state index contributed by atoms with van der Waals surface area (Å²) in [7, 11) is 2.28. The molecule has 0 radical (unpaired) electrons. The van der Waals surface area contributed by atoms with E-state index in [1.54, 1.807) is 6.92 Å². The Morgan fingerprint density at radius 3 is 2.26 bits per heavy atom. The van der Waals surface area contributed by atoms with E-state index in [2.05, 4.69) is 70.2 Å². The Kier molecular flexibility index (Phi) is 14.2. The van der Waals surface area contributed by atoms with E-state index in [0.29, 0.717) is 12.1 Å². The topological polar surface area (TPSA) is 49.8 Å². The van der Waals surface area contributed by atoms with Gasteiger partial charge < -0.3 is 9.84 Å². The summed E-state index contributed by atoms with van der Waals surface area (Å²) in [5.41, 5.74) is 4.40. The third-order valence-corrected chi connectivity index (χ3v) is 6.71. The van der Waals surface area contributed by atoms with Gasteiger partial charge in [-0.2, -0.15) is 0 Å². The second-order valence-electron chi connectivity index (χ2n) is 10.9. The van der Waals surface area contributed by atoms with Gasteiger partial charge in [0.15, 0.2) is 0 Å². The monoisotopic (exact) mass is 521 g/mol. The lowest BCUT2D eigenvalue weighted by molar-refractivity contribution is -0.136. The fourth-order valence-corrected chi connectivity index (χ4v) is 4.79. The number of hydrogen-bond acceptors (Lipinski definition) is 3. The lowest BCUT2D eigenvalue weighted by Crippen LogP contribution is -2.36. The molecule has 38 heavy (non-hydrogen) atoms. The highest BCUT2D eigenvalue weighted by atomic mass is 16.5. The number of aliphatic carboxylic acids is 1. The zero-order chi connectivity index (χ0) is 28.9. The molecule has 1 aromatic carbocycles. The summed E-state index contributed by atoms with van der Waals surface area (Å²) in [5.74, 6) is 2.40. The van der Waals surface area contributed by atoms with Crippen molar-refractivity contribution in [3.05, 3.63) is 65.0 Å². The zero-order valence-corrected chi connectivity index (χ0v) is 25.3. The minimum atomic E-state index is -0.810. The van der Waals surface area contributed by atoms with Crippen LogP contribution in [-0.2, 0) is 16.0 Å². The quantitative estimate of drug-likeness (QED) is 0.202. The van der Waals surface area contributed by atoms with E-state index < -0.39 is 5.97 Å². The number of carbonyl (C=O) groups is 1. The molecule has 1 aromatic rings. The predicted octanol–water partition coefficient (Wildman–Crippen LogP) is 8.29. The molecule has 210 valence electrons. The van der Waals surface area contributed by atoms with Crippen molar-refractivity contribution in [2.75, 3.05) is 7.05 Å². The van der Waals surface area contributed by atoms with Crippen molar-refractivity contribution in [3.63, 3.8) is 0 Å². The molecule has 1 N–H and O–H groups in total. The molecule has 1 fully saturated rings. The van der Waals surface area contributed by atoms with Crippen LogP contribution in [0.5, 0.6) is 0 Å². The molecule has 0 aromatic heterocycles. The van der Waals surface area contributed by atoms with Crippen molar-refractivity contribution >= 4 is 11.5 Å². The van der Waals surface area contributed by atoms with Crippen molar-refractivity contribution in [1.29, 1.82) is 0 Å². The Labute approximate surface area is 232 Å². The molecule has 1 saturated carbocycles. The highest BCUT2D eigenvalue weighted by Gasteiger charge is 2.36. The minimum Gasteiger partial charge on any atom is -0.491 e. The van der Waals surface area contributed by atoms with Gasteiger partial charge in [0.2, 0.25) is 0 Å². The summed E-state index contributed by atoms with van der Waals surface area (Å²) >= 11 is 0. The summed E-state index contributed by atoms with van der Waals surface area (Å²) in [5, 5.41) is 9.07. The molecular weight excluding hydrogens is 470 g/mol. The van der Waals surface area contributed by atoms with Crippen LogP contribution in [0.25, 0.3) is 5.57 Å². The Morgan fingerprint density at radius 2 is 1.79 bits per heavy atom. The van der Waals surface area contributed by atoms with Gasteiger partial charge >= 0.3 is 5.97 Å². The van der Waals surface area contributed by atoms with E-state index in [9.17, 15) is 4.79 Å². The molecule has 0 heterocycles. The van der Waals surface area contributed by atoms with E-state index in [0.717, 1.165) is 28.9 Å². The third kappa shape index (κ3) is 10.9. The van der Waals surface area contributed by atoms with Crippen LogP contribution < -0.4 is 0 Å². The first-order chi connectivity index (χ1) is 18.0. The normalized spacial score (nSPS) is 19.2. The first-order valence-electron chi connectivity index (χ1n) is 14.2. The number of carboxylic acids is 1. The molecule has 2 aliphatic carbocycles. The number of likely N-dealkylation sites (N-methyl/N-ethyl adjacent to an activating group) is 1. The highest BCUT2D eigenvalue weighted by Crippen LogP contribution is 2.40. The second kappa shape index (κ2) is 16.2. The minimum absolute atomic E-state index is 0.0418. The van der Waals surface area contributed by atoms with Crippen LogP contribution in [0.4, 0.5) is 0 Å². The predicted molar refractivity (Wildman–Crippen MR) is 162 cm³/mol.